The Labute approximate surface area is 150 Å². The van der Waals surface area contributed by atoms with Crippen LogP contribution in [0.25, 0.3) is 22.9 Å². The van der Waals surface area contributed by atoms with Gasteiger partial charge in [0.1, 0.15) is 0 Å². The Morgan fingerprint density at radius 3 is 2.08 bits per heavy atom. The summed E-state index contributed by atoms with van der Waals surface area (Å²) >= 11 is 0. The average Bonchev–Trinajstić information content (AvgIpc) is 3.12. The zero-order valence-corrected chi connectivity index (χ0v) is 14.3. The van der Waals surface area contributed by atoms with E-state index in [9.17, 15) is 0 Å². The van der Waals surface area contributed by atoms with Gasteiger partial charge in [-0.15, -0.1) is 12.4 Å². The maximum atomic E-state index is 6.23. The Kier molecular flexibility index (Phi) is 3.85. The van der Waals surface area contributed by atoms with Crippen molar-refractivity contribution in [3.8, 4) is 22.9 Å². The minimum Gasteiger partial charge on any atom is -0.334 e. The minimum atomic E-state index is -0.412. The van der Waals surface area contributed by atoms with Crippen LogP contribution >= 0.6 is 12.4 Å². The molecule has 3 aromatic rings. The largest absolute Gasteiger partial charge is 0.334 e. The molecule has 8 heteroatoms. The van der Waals surface area contributed by atoms with Crippen LogP contribution in [0.5, 0.6) is 0 Å². The first-order chi connectivity index (χ1) is 11.7. The summed E-state index contributed by atoms with van der Waals surface area (Å²) in [6.45, 7) is 0. The highest BCUT2D eigenvalue weighted by atomic mass is 35.5. The van der Waals surface area contributed by atoms with Crippen LogP contribution in [0.1, 0.15) is 49.7 Å². The van der Waals surface area contributed by atoms with Crippen molar-refractivity contribution in [2.24, 2.45) is 5.73 Å². The maximum absolute atomic E-state index is 6.23. The van der Waals surface area contributed by atoms with Crippen molar-refractivity contribution in [2.75, 3.05) is 0 Å². The molecule has 0 atom stereocenters. The molecule has 0 radical (unpaired) electrons. The molecule has 2 aliphatic carbocycles. The molecule has 0 amide bonds. The van der Waals surface area contributed by atoms with E-state index >= 15 is 0 Å². The van der Waals surface area contributed by atoms with Crippen LogP contribution in [0.15, 0.2) is 33.3 Å². The van der Waals surface area contributed by atoms with Gasteiger partial charge in [-0.25, -0.2) is 0 Å². The van der Waals surface area contributed by atoms with E-state index in [1.54, 1.807) is 0 Å². The highest BCUT2D eigenvalue weighted by Gasteiger charge is 2.39. The minimum absolute atomic E-state index is 0. The molecule has 130 valence electrons. The van der Waals surface area contributed by atoms with E-state index in [4.69, 9.17) is 14.8 Å². The molecule has 2 saturated carbocycles. The predicted octanol–water partition coefficient (Wildman–Crippen LogP) is 3.42. The van der Waals surface area contributed by atoms with Gasteiger partial charge in [0.05, 0.1) is 5.54 Å². The molecule has 2 N–H and O–H groups in total. The van der Waals surface area contributed by atoms with Gasteiger partial charge in [0.2, 0.25) is 0 Å². The number of rotatable bonds is 4. The van der Waals surface area contributed by atoms with Crippen LogP contribution in [0.3, 0.4) is 0 Å². The summed E-state index contributed by atoms with van der Waals surface area (Å²) in [5.74, 6) is 2.92. The molecular weight excluding hydrogens is 342 g/mol. The van der Waals surface area contributed by atoms with Crippen molar-refractivity contribution in [1.82, 2.24) is 20.3 Å². The summed E-state index contributed by atoms with van der Waals surface area (Å²) in [4.78, 5) is 8.91. The standard InChI is InChI=1S/C17H17N5O2.ClH/c18-17(8-1-9-17)16-20-15(24-22-16)12-6-4-11(5-7-12)14-19-13(21-23-14)10-2-3-10;/h4-7,10H,1-3,8-9,18H2;1H. The number of nitrogens with zero attached hydrogens (tertiary/aromatic N) is 4. The fourth-order valence-electron chi connectivity index (χ4n) is 2.94. The van der Waals surface area contributed by atoms with Crippen LogP contribution in [0.4, 0.5) is 0 Å². The number of halogens is 1. The van der Waals surface area contributed by atoms with Crippen molar-refractivity contribution in [2.45, 2.75) is 43.6 Å². The van der Waals surface area contributed by atoms with Gasteiger partial charge in [0.15, 0.2) is 11.6 Å². The van der Waals surface area contributed by atoms with Crippen LogP contribution in [0.2, 0.25) is 0 Å². The Morgan fingerprint density at radius 2 is 1.52 bits per heavy atom. The average molecular weight is 360 g/mol. The molecule has 25 heavy (non-hydrogen) atoms. The fourth-order valence-corrected chi connectivity index (χ4v) is 2.94. The van der Waals surface area contributed by atoms with Crippen molar-refractivity contribution >= 4 is 12.4 Å². The van der Waals surface area contributed by atoms with Gasteiger partial charge >= 0.3 is 0 Å². The molecular formula is C17H18ClN5O2. The van der Waals surface area contributed by atoms with E-state index in [0.29, 0.717) is 23.5 Å². The lowest BCUT2D eigenvalue weighted by Crippen LogP contribution is -2.44. The Bertz CT molecular complexity index is 881. The van der Waals surface area contributed by atoms with E-state index in [-0.39, 0.29) is 12.4 Å². The molecule has 0 saturated heterocycles. The summed E-state index contributed by atoms with van der Waals surface area (Å²) in [6.07, 6.45) is 5.24. The van der Waals surface area contributed by atoms with Crippen molar-refractivity contribution in [1.29, 1.82) is 0 Å². The highest BCUT2D eigenvalue weighted by Crippen LogP contribution is 2.39. The molecule has 5 rings (SSSR count). The molecule has 7 nitrogen and oxygen atoms in total. The van der Waals surface area contributed by atoms with E-state index in [1.165, 1.54) is 0 Å². The normalized spacial score (nSPS) is 18.4. The highest BCUT2D eigenvalue weighted by molar-refractivity contribution is 5.85. The third kappa shape index (κ3) is 2.83. The van der Waals surface area contributed by atoms with E-state index in [2.05, 4.69) is 20.3 Å². The van der Waals surface area contributed by atoms with Crippen LogP contribution in [-0.4, -0.2) is 20.3 Å². The van der Waals surface area contributed by atoms with Crippen LogP contribution in [-0.2, 0) is 5.54 Å². The van der Waals surface area contributed by atoms with Gasteiger partial charge < -0.3 is 14.8 Å². The molecule has 2 heterocycles. The monoisotopic (exact) mass is 359 g/mol. The maximum Gasteiger partial charge on any atom is 0.257 e. The smallest absolute Gasteiger partial charge is 0.257 e. The van der Waals surface area contributed by atoms with Crippen LogP contribution in [0, 0.1) is 0 Å². The summed E-state index contributed by atoms with van der Waals surface area (Å²) in [6, 6.07) is 7.67. The molecule has 0 aliphatic heterocycles. The lowest BCUT2D eigenvalue weighted by atomic mass is 9.77. The van der Waals surface area contributed by atoms with Gasteiger partial charge in [-0.2, -0.15) is 9.97 Å². The van der Waals surface area contributed by atoms with Gasteiger partial charge in [-0.05, 0) is 56.4 Å². The second-order valence-electron chi connectivity index (χ2n) is 6.74. The predicted molar refractivity (Wildman–Crippen MR) is 92.0 cm³/mol. The molecule has 2 aromatic heterocycles. The first kappa shape index (κ1) is 16.2. The quantitative estimate of drug-likeness (QED) is 0.760. The van der Waals surface area contributed by atoms with Gasteiger partial charge in [0, 0.05) is 17.0 Å². The number of hydrogen-bond donors (Lipinski definition) is 1. The topological polar surface area (TPSA) is 104 Å². The summed E-state index contributed by atoms with van der Waals surface area (Å²) < 4.78 is 10.7. The van der Waals surface area contributed by atoms with Gasteiger partial charge in [0.25, 0.3) is 11.8 Å². The molecule has 2 fully saturated rings. The number of nitrogens with two attached hydrogens (primary N) is 1. The first-order valence-electron chi connectivity index (χ1n) is 8.29. The van der Waals surface area contributed by atoms with E-state index < -0.39 is 5.54 Å². The summed E-state index contributed by atoms with van der Waals surface area (Å²) in [5.41, 5.74) is 7.55. The van der Waals surface area contributed by atoms with Crippen molar-refractivity contribution in [3.05, 3.63) is 35.9 Å². The molecule has 0 bridgehead atoms. The fraction of sp³-hybridized carbons (Fsp3) is 0.412. The van der Waals surface area contributed by atoms with Gasteiger partial charge in [-0.3, -0.25) is 0 Å². The SMILES string of the molecule is Cl.NC1(c2noc(-c3ccc(-c4nc(C5CC5)no4)cc3)n2)CCC1. The Hall–Kier alpha value is -2.25. The Morgan fingerprint density at radius 1 is 0.920 bits per heavy atom. The van der Waals surface area contributed by atoms with E-state index in [1.807, 2.05) is 24.3 Å². The number of benzene rings is 1. The lowest BCUT2D eigenvalue weighted by Gasteiger charge is -2.34. The van der Waals surface area contributed by atoms with Crippen molar-refractivity contribution in [3.63, 3.8) is 0 Å². The molecule has 0 unspecified atom stereocenters. The third-order valence-corrected chi connectivity index (χ3v) is 4.88. The Balaban J connectivity index is 0.00000157. The number of aromatic nitrogens is 4. The summed E-state index contributed by atoms with van der Waals surface area (Å²) in [7, 11) is 0. The zero-order chi connectivity index (χ0) is 16.1. The van der Waals surface area contributed by atoms with E-state index in [0.717, 1.165) is 49.1 Å². The molecule has 1 aromatic carbocycles. The molecule has 2 aliphatic rings. The zero-order valence-electron chi connectivity index (χ0n) is 13.5. The van der Waals surface area contributed by atoms with Crippen LogP contribution < -0.4 is 5.73 Å². The second-order valence-corrected chi connectivity index (χ2v) is 6.74. The number of hydrogen-bond acceptors (Lipinski definition) is 7. The van der Waals surface area contributed by atoms with Crippen molar-refractivity contribution < 1.29 is 9.05 Å². The molecule has 0 spiro atoms. The third-order valence-electron chi connectivity index (χ3n) is 4.88. The second kappa shape index (κ2) is 5.93. The lowest BCUT2D eigenvalue weighted by molar-refractivity contribution is 0.229. The first-order valence-corrected chi connectivity index (χ1v) is 8.29. The summed E-state index contributed by atoms with van der Waals surface area (Å²) in [5, 5.41) is 8.09. The van der Waals surface area contributed by atoms with Gasteiger partial charge in [-0.1, -0.05) is 10.3 Å².